The summed E-state index contributed by atoms with van der Waals surface area (Å²) in [4.78, 5) is 1.37. The van der Waals surface area contributed by atoms with E-state index in [1.54, 1.807) is 0 Å². The molecule has 18 heavy (non-hydrogen) atoms. The van der Waals surface area contributed by atoms with Gasteiger partial charge in [-0.05, 0) is 30.3 Å². The van der Waals surface area contributed by atoms with E-state index in [1.165, 1.54) is 24.1 Å². The predicted octanol–water partition coefficient (Wildman–Crippen LogP) is 3.45. The Morgan fingerprint density at radius 1 is 0.889 bits per heavy atom. The second-order valence-corrected chi connectivity index (χ2v) is 3.86. The Labute approximate surface area is 102 Å². The van der Waals surface area contributed by atoms with Gasteiger partial charge >= 0.3 is 0 Å². The van der Waals surface area contributed by atoms with Crippen LogP contribution in [0, 0.1) is 17.5 Å². The molecule has 0 unspecified atom stereocenters. The van der Waals surface area contributed by atoms with Crippen LogP contribution in [0.2, 0.25) is 0 Å². The summed E-state index contributed by atoms with van der Waals surface area (Å²) in [5.41, 5.74) is 6.24. The van der Waals surface area contributed by atoms with Crippen molar-refractivity contribution in [2.24, 2.45) is 0 Å². The van der Waals surface area contributed by atoms with Crippen molar-refractivity contribution in [3.05, 3.63) is 53.8 Å². The number of anilines is 3. The minimum atomic E-state index is -0.581. The number of nitrogen functional groups attached to an aromatic ring is 1. The number of nitrogens with zero attached hydrogens (tertiary/aromatic N) is 1. The summed E-state index contributed by atoms with van der Waals surface area (Å²) >= 11 is 0. The maximum atomic E-state index is 13.6. The standard InChI is InChI=1S/C13H11F3N2/c1-18(12-5-3-8(14)6-11(12)17)13-7-9(15)2-4-10(13)16/h2-7H,17H2,1H3. The molecular weight excluding hydrogens is 241 g/mol. The summed E-state index contributed by atoms with van der Waals surface area (Å²) in [7, 11) is 1.53. The molecule has 0 amide bonds. The molecule has 0 heterocycles. The monoisotopic (exact) mass is 252 g/mol. The molecule has 0 aliphatic rings. The molecule has 5 heteroatoms. The van der Waals surface area contributed by atoms with Crippen molar-refractivity contribution in [3.8, 4) is 0 Å². The molecular formula is C13H11F3N2. The zero-order valence-corrected chi connectivity index (χ0v) is 9.62. The fourth-order valence-corrected chi connectivity index (χ4v) is 1.70. The molecule has 0 fully saturated rings. The highest BCUT2D eigenvalue weighted by Crippen LogP contribution is 2.31. The fraction of sp³-hybridized carbons (Fsp3) is 0.0769. The van der Waals surface area contributed by atoms with E-state index in [9.17, 15) is 13.2 Å². The highest BCUT2D eigenvalue weighted by molar-refractivity contribution is 5.74. The quantitative estimate of drug-likeness (QED) is 0.829. The van der Waals surface area contributed by atoms with Crippen molar-refractivity contribution in [2.75, 3.05) is 17.7 Å². The first-order chi connectivity index (χ1) is 8.49. The van der Waals surface area contributed by atoms with Gasteiger partial charge in [-0.25, -0.2) is 13.2 Å². The largest absolute Gasteiger partial charge is 0.397 e. The molecule has 0 radical (unpaired) electrons. The van der Waals surface area contributed by atoms with Crippen molar-refractivity contribution in [1.29, 1.82) is 0 Å². The van der Waals surface area contributed by atoms with Crippen LogP contribution in [-0.2, 0) is 0 Å². The lowest BCUT2D eigenvalue weighted by Gasteiger charge is -2.21. The topological polar surface area (TPSA) is 29.3 Å². The summed E-state index contributed by atoms with van der Waals surface area (Å²) < 4.78 is 39.6. The summed E-state index contributed by atoms with van der Waals surface area (Å²) in [5.74, 6) is -1.62. The number of nitrogens with two attached hydrogens (primary N) is 1. The second kappa shape index (κ2) is 4.60. The van der Waals surface area contributed by atoms with E-state index in [4.69, 9.17) is 5.73 Å². The average Bonchev–Trinajstić information content (AvgIpc) is 2.31. The van der Waals surface area contributed by atoms with E-state index in [-0.39, 0.29) is 11.4 Å². The van der Waals surface area contributed by atoms with Crippen LogP contribution >= 0.6 is 0 Å². The molecule has 2 N–H and O–H groups in total. The van der Waals surface area contributed by atoms with Crippen molar-refractivity contribution in [1.82, 2.24) is 0 Å². The maximum Gasteiger partial charge on any atom is 0.147 e. The first-order valence-corrected chi connectivity index (χ1v) is 5.23. The number of benzene rings is 2. The van der Waals surface area contributed by atoms with Gasteiger partial charge in [0.2, 0.25) is 0 Å². The maximum absolute atomic E-state index is 13.6. The molecule has 0 bridgehead atoms. The van der Waals surface area contributed by atoms with Crippen molar-refractivity contribution < 1.29 is 13.2 Å². The molecule has 0 saturated carbocycles. The van der Waals surface area contributed by atoms with E-state index >= 15 is 0 Å². The van der Waals surface area contributed by atoms with Crippen LogP contribution < -0.4 is 10.6 Å². The van der Waals surface area contributed by atoms with Gasteiger partial charge in [0.25, 0.3) is 0 Å². The van der Waals surface area contributed by atoms with Gasteiger partial charge in [0.1, 0.15) is 17.5 Å². The van der Waals surface area contributed by atoms with Gasteiger partial charge in [-0.1, -0.05) is 0 Å². The Morgan fingerprint density at radius 2 is 1.50 bits per heavy atom. The van der Waals surface area contributed by atoms with Crippen molar-refractivity contribution >= 4 is 17.1 Å². The van der Waals surface area contributed by atoms with E-state index in [2.05, 4.69) is 0 Å². The average molecular weight is 252 g/mol. The van der Waals surface area contributed by atoms with Gasteiger partial charge in [0.15, 0.2) is 0 Å². The molecule has 2 aromatic rings. The van der Waals surface area contributed by atoms with E-state index in [0.717, 1.165) is 24.3 Å². The Kier molecular flexibility index (Phi) is 3.14. The molecule has 94 valence electrons. The molecule has 0 atom stereocenters. The third-order valence-electron chi connectivity index (χ3n) is 2.62. The van der Waals surface area contributed by atoms with Crippen molar-refractivity contribution in [3.63, 3.8) is 0 Å². The number of hydrogen-bond acceptors (Lipinski definition) is 2. The molecule has 0 aliphatic heterocycles. The minimum absolute atomic E-state index is 0.0355. The van der Waals surface area contributed by atoms with Gasteiger partial charge < -0.3 is 10.6 Å². The van der Waals surface area contributed by atoms with Gasteiger partial charge in [-0.3, -0.25) is 0 Å². The zero-order chi connectivity index (χ0) is 13.3. The number of hydrogen-bond donors (Lipinski definition) is 1. The second-order valence-electron chi connectivity index (χ2n) is 3.86. The Bertz CT molecular complexity index is 584. The smallest absolute Gasteiger partial charge is 0.147 e. The Hall–Kier alpha value is -2.17. The first kappa shape index (κ1) is 12.3. The molecule has 0 saturated heterocycles. The summed E-state index contributed by atoms with van der Waals surface area (Å²) in [5, 5.41) is 0. The number of halogens is 3. The third kappa shape index (κ3) is 2.25. The summed E-state index contributed by atoms with van der Waals surface area (Å²) in [6.07, 6.45) is 0. The van der Waals surface area contributed by atoms with Crippen LogP contribution in [0.25, 0.3) is 0 Å². The molecule has 0 spiro atoms. The SMILES string of the molecule is CN(c1ccc(F)cc1N)c1cc(F)ccc1F. The predicted molar refractivity (Wildman–Crippen MR) is 65.2 cm³/mol. The van der Waals surface area contributed by atoms with E-state index in [0.29, 0.717) is 5.69 Å². The summed E-state index contributed by atoms with van der Waals surface area (Å²) in [6, 6.07) is 6.86. The van der Waals surface area contributed by atoms with Crippen molar-refractivity contribution in [2.45, 2.75) is 0 Å². The lowest BCUT2D eigenvalue weighted by atomic mass is 10.2. The molecule has 2 aromatic carbocycles. The van der Waals surface area contributed by atoms with Gasteiger partial charge in [0, 0.05) is 13.1 Å². The van der Waals surface area contributed by atoms with Gasteiger partial charge in [0.05, 0.1) is 17.1 Å². The normalized spacial score (nSPS) is 10.4. The highest BCUT2D eigenvalue weighted by Gasteiger charge is 2.13. The zero-order valence-electron chi connectivity index (χ0n) is 9.62. The van der Waals surface area contributed by atoms with Crippen LogP contribution in [0.5, 0.6) is 0 Å². The lowest BCUT2D eigenvalue weighted by molar-refractivity contribution is 0.600. The fourth-order valence-electron chi connectivity index (χ4n) is 1.70. The minimum Gasteiger partial charge on any atom is -0.397 e. The first-order valence-electron chi connectivity index (χ1n) is 5.23. The molecule has 2 nitrogen and oxygen atoms in total. The summed E-state index contributed by atoms with van der Waals surface area (Å²) in [6.45, 7) is 0. The van der Waals surface area contributed by atoms with Crippen LogP contribution in [0.1, 0.15) is 0 Å². The molecule has 0 aromatic heterocycles. The van der Waals surface area contributed by atoms with Gasteiger partial charge in [-0.15, -0.1) is 0 Å². The highest BCUT2D eigenvalue weighted by atomic mass is 19.1. The van der Waals surface area contributed by atoms with E-state index in [1.807, 2.05) is 0 Å². The van der Waals surface area contributed by atoms with Crippen LogP contribution in [0.4, 0.5) is 30.2 Å². The number of rotatable bonds is 2. The van der Waals surface area contributed by atoms with E-state index < -0.39 is 17.5 Å². The van der Waals surface area contributed by atoms with Crippen LogP contribution in [0.3, 0.4) is 0 Å². The molecule has 2 rings (SSSR count). The van der Waals surface area contributed by atoms with Crippen LogP contribution in [0.15, 0.2) is 36.4 Å². The lowest BCUT2D eigenvalue weighted by Crippen LogP contribution is -2.13. The Morgan fingerprint density at radius 3 is 2.17 bits per heavy atom. The third-order valence-corrected chi connectivity index (χ3v) is 2.62. The Balaban J connectivity index is 2.47. The van der Waals surface area contributed by atoms with Crippen LogP contribution in [-0.4, -0.2) is 7.05 Å². The molecule has 0 aliphatic carbocycles. The van der Waals surface area contributed by atoms with Gasteiger partial charge in [-0.2, -0.15) is 0 Å².